The van der Waals surface area contributed by atoms with Crippen molar-refractivity contribution < 1.29 is 29.0 Å². The van der Waals surface area contributed by atoms with Gasteiger partial charge in [0.05, 0.1) is 16.7 Å². The number of carbonyl (C=O) groups is 3. The number of hydrogen-bond donors (Lipinski definition) is 1. The van der Waals surface area contributed by atoms with E-state index in [2.05, 4.69) is 4.74 Å². The summed E-state index contributed by atoms with van der Waals surface area (Å²) >= 11 is 1.25. The number of fused-ring (bicyclic) bond motifs is 1. The fourth-order valence-corrected chi connectivity index (χ4v) is 3.04. The summed E-state index contributed by atoms with van der Waals surface area (Å²) in [6.45, 7) is -0.332. The number of esters is 1. The van der Waals surface area contributed by atoms with Crippen molar-refractivity contribution in [2.75, 3.05) is 20.3 Å². The zero-order valence-corrected chi connectivity index (χ0v) is 10.4. The Morgan fingerprint density at radius 3 is 2.74 bits per heavy atom. The quantitative estimate of drug-likeness (QED) is 0.400. The molecule has 2 rings (SSSR count). The normalized spacial score (nSPS) is 20.6. The third kappa shape index (κ3) is 3.32. The maximum absolute atomic E-state index is 11.3. The fourth-order valence-electron chi connectivity index (χ4n) is 1.73. The number of carboxylic acids is 1. The molecule has 2 aliphatic rings. The summed E-state index contributed by atoms with van der Waals surface area (Å²) in [6, 6.07) is 0. The minimum atomic E-state index is -1.18. The van der Waals surface area contributed by atoms with Gasteiger partial charge in [-0.05, 0) is 0 Å². The van der Waals surface area contributed by atoms with Crippen molar-refractivity contribution in [3.8, 4) is 0 Å². The number of amides is 1. The van der Waals surface area contributed by atoms with Gasteiger partial charge in [-0.25, -0.2) is 9.59 Å². The monoisotopic (exact) mass is 297 g/mol. The van der Waals surface area contributed by atoms with E-state index >= 15 is 0 Å². The van der Waals surface area contributed by atoms with Gasteiger partial charge in [0.25, 0.3) is 0 Å². The molecule has 0 radical (unpaired) electrons. The number of carbonyl (C=O) groups excluding carboxylic acids is 2. The molecule has 0 saturated carbocycles. The van der Waals surface area contributed by atoms with E-state index in [-0.39, 0.29) is 59.7 Å². The van der Waals surface area contributed by atoms with Gasteiger partial charge in [-0.2, -0.15) is 0 Å². The molecule has 0 aliphatic carbocycles. The van der Waals surface area contributed by atoms with Gasteiger partial charge in [-0.3, -0.25) is 9.69 Å². The molecule has 0 aromatic rings. The van der Waals surface area contributed by atoms with Gasteiger partial charge in [-0.15, -0.1) is 0 Å². The number of aliphatic carboxylic acids is 1. The summed E-state index contributed by atoms with van der Waals surface area (Å²) in [5.74, 6) is -1.98. The molecule has 1 amide bonds. The second-order valence-corrected chi connectivity index (χ2v) is 4.98. The first-order valence-electron chi connectivity index (χ1n) is 5.14. The van der Waals surface area contributed by atoms with E-state index in [1.807, 2.05) is 0 Å². The number of methoxy groups -OCH3 is 1. The SMILES string of the molecule is COCC(=O)OCC1=C(C(=O)O)N2C(=O)C[C@H]2S1.[NaH]. The van der Waals surface area contributed by atoms with Gasteiger partial charge in [0.2, 0.25) is 5.91 Å². The third-order valence-electron chi connectivity index (χ3n) is 2.52. The number of thioether (sulfide) groups is 1. The summed E-state index contributed by atoms with van der Waals surface area (Å²) < 4.78 is 9.45. The van der Waals surface area contributed by atoms with Crippen LogP contribution in [-0.4, -0.2) is 83.1 Å². The van der Waals surface area contributed by atoms with Gasteiger partial charge in [0, 0.05) is 7.11 Å². The molecule has 1 N–H and O–H groups in total. The standard InChI is InChI=1S/C10H11NO6S.Na.H/c1-16-4-8(13)17-3-5-9(10(14)15)11-6(12)2-7(11)18-5;;/h7H,2-4H2,1H3,(H,14,15);;/t7-;;/m1../s1. The van der Waals surface area contributed by atoms with Gasteiger partial charge < -0.3 is 14.6 Å². The Morgan fingerprint density at radius 1 is 1.53 bits per heavy atom. The molecule has 100 valence electrons. The number of β-lactam (4-membered cyclic amide) rings is 1. The van der Waals surface area contributed by atoms with Crippen LogP contribution in [-0.2, 0) is 23.9 Å². The van der Waals surface area contributed by atoms with Crippen LogP contribution in [0.5, 0.6) is 0 Å². The first-order chi connectivity index (χ1) is 8.54. The summed E-state index contributed by atoms with van der Waals surface area (Å²) in [5.41, 5.74) is -0.0773. The Labute approximate surface area is 135 Å². The van der Waals surface area contributed by atoms with E-state index in [0.717, 1.165) is 0 Å². The topological polar surface area (TPSA) is 93.1 Å². The van der Waals surface area contributed by atoms with Crippen LogP contribution in [0.15, 0.2) is 10.6 Å². The van der Waals surface area contributed by atoms with Crippen molar-refractivity contribution in [2.24, 2.45) is 0 Å². The van der Waals surface area contributed by atoms with E-state index < -0.39 is 11.9 Å². The van der Waals surface area contributed by atoms with Crippen molar-refractivity contribution in [1.82, 2.24) is 4.90 Å². The summed E-state index contributed by atoms with van der Waals surface area (Å²) in [7, 11) is 1.36. The molecule has 9 heteroatoms. The predicted octanol–water partition coefficient (Wildman–Crippen LogP) is -0.871. The number of rotatable bonds is 5. The third-order valence-corrected chi connectivity index (χ3v) is 3.76. The molecular weight excluding hydrogens is 285 g/mol. The van der Waals surface area contributed by atoms with Crippen molar-refractivity contribution in [3.05, 3.63) is 10.6 Å². The average molecular weight is 297 g/mol. The van der Waals surface area contributed by atoms with E-state index in [9.17, 15) is 14.4 Å². The Bertz CT molecular complexity index is 451. The molecular formula is C10H12NNaO6S. The van der Waals surface area contributed by atoms with Gasteiger partial charge in [0.1, 0.15) is 18.9 Å². The van der Waals surface area contributed by atoms with Crippen LogP contribution in [0.4, 0.5) is 0 Å². The Kier molecular flexibility index (Phi) is 5.87. The van der Waals surface area contributed by atoms with Crippen LogP contribution in [0, 0.1) is 0 Å². The number of hydrogen-bond acceptors (Lipinski definition) is 6. The maximum atomic E-state index is 11.3. The Morgan fingerprint density at radius 2 is 2.21 bits per heavy atom. The molecule has 0 aromatic carbocycles. The first kappa shape index (κ1) is 16.5. The number of ether oxygens (including phenoxy) is 2. The van der Waals surface area contributed by atoms with Crippen LogP contribution in [0.2, 0.25) is 0 Å². The molecule has 1 atom stereocenters. The Hall–Kier alpha value is -0.540. The van der Waals surface area contributed by atoms with E-state index in [0.29, 0.717) is 11.3 Å². The molecule has 0 spiro atoms. The van der Waals surface area contributed by atoms with E-state index in [4.69, 9.17) is 9.84 Å². The summed E-state index contributed by atoms with van der Waals surface area (Å²) in [4.78, 5) is 35.1. The zero-order valence-electron chi connectivity index (χ0n) is 9.54. The predicted molar refractivity (Wildman–Crippen MR) is 67.5 cm³/mol. The van der Waals surface area contributed by atoms with E-state index in [1.54, 1.807) is 0 Å². The van der Waals surface area contributed by atoms with Gasteiger partial charge in [0.15, 0.2) is 0 Å². The fraction of sp³-hybridized carbons (Fsp3) is 0.500. The van der Waals surface area contributed by atoms with Gasteiger partial charge >= 0.3 is 41.5 Å². The van der Waals surface area contributed by atoms with Crippen LogP contribution in [0.1, 0.15) is 6.42 Å². The minimum absolute atomic E-state index is 0. The second-order valence-electron chi connectivity index (χ2n) is 3.71. The van der Waals surface area contributed by atoms with Crippen LogP contribution in [0.3, 0.4) is 0 Å². The van der Waals surface area contributed by atoms with Crippen molar-refractivity contribution in [1.29, 1.82) is 0 Å². The molecule has 0 bridgehead atoms. The molecule has 2 heterocycles. The van der Waals surface area contributed by atoms with Crippen molar-refractivity contribution in [3.63, 3.8) is 0 Å². The zero-order chi connectivity index (χ0) is 13.3. The van der Waals surface area contributed by atoms with Crippen molar-refractivity contribution >= 4 is 59.2 Å². The molecule has 1 fully saturated rings. The van der Waals surface area contributed by atoms with Crippen LogP contribution >= 0.6 is 11.8 Å². The molecule has 0 aromatic heterocycles. The molecule has 2 aliphatic heterocycles. The number of nitrogens with zero attached hydrogens (tertiary/aromatic N) is 1. The molecule has 19 heavy (non-hydrogen) atoms. The average Bonchev–Trinajstić information content (AvgIpc) is 2.59. The molecule has 7 nitrogen and oxygen atoms in total. The van der Waals surface area contributed by atoms with E-state index in [1.165, 1.54) is 23.8 Å². The molecule has 1 saturated heterocycles. The van der Waals surface area contributed by atoms with Crippen LogP contribution < -0.4 is 0 Å². The summed E-state index contributed by atoms with van der Waals surface area (Å²) in [5, 5.41) is 8.89. The first-order valence-corrected chi connectivity index (χ1v) is 6.02. The Balaban J connectivity index is 0.00000180. The van der Waals surface area contributed by atoms with Gasteiger partial charge in [-0.1, -0.05) is 11.8 Å². The van der Waals surface area contributed by atoms with Crippen molar-refractivity contribution in [2.45, 2.75) is 11.8 Å². The molecule has 0 unspecified atom stereocenters. The van der Waals surface area contributed by atoms with Crippen LogP contribution in [0.25, 0.3) is 0 Å². The number of carboxylic acid groups (broad SMARTS) is 1. The summed E-state index contributed by atoms with van der Waals surface area (Å²) in [6.07, 6.45) is 0.316. The second kappa shape index (κ2) is 6.76.